The Morgan fingerprint density at radius 1 is 1.12 bits per heavy atom. The first-order valence-electron chi connectivity index (χ1n) is 5.03. The molecule has 2 rings (SSSR count). The van der Waals surface area contributed by atoms with Crippen molar-refractivity contribution >= 4 is 22.6 Å². The third-order valence-corrected chi connectivity index (χ3v) is 3.58. The molecule has 0 atom stereocenters. The fraction of sp³-hybridized carbons (Fsp3) is 0.364. The van der Waals surface area contributed by atoms with E-state index in [1.807, 2.05) is 38.4 Å². The van der Waals surface area contributed by atoms with Crippen molar-refractivity contribution in [2.24, 2.45) is 0 Å². The van der Waals surface area contributed by atoms with E-state index in [1.54, 1.807) is 0 Å². The van der Waals surface area contributed by atoms with E-state index in [1.165, 1.54) is 0 Å². The lowest BCUT2D eigenvalue weighted by molar-refractivity contribution is 0.781. The minimum Gasteiger partial charge on any atom is -0.237 e. The standard InChI is InChI=1S/C11H13IN4/c1-6-5-7(2)16(15-6)11-10(12)8(3)13-9(4)14-11/h5H,1-4H3. The molecule has 2 heterocycles. The molecular weight excluding hydrogens is 315 g/mol. The van der Waals surface area contributed by atoms with Crippen LogP contribution in [0.15, 0.2) is 6.07 Å². The van der Waals surface area contributed by atoms with Crippen molar-refractivity contribution in [1.29, 1.82) is 0 Å². The minimum atomic E-state index is 0.778. The second-order valence-corrected chi connectivity index (χ2v) is 4.91. The number of rotatable bonds is 1. The predicted octanol–water partition coefficient (Wildman–Crippen LogP) is 2.50. The maximum absolute atomic E-state index is 4.46. The first kappa shape index (κ1) is 11.5. The molecule has 2 aromatic heterocycles. The second-order valence-electron chi connectivity index (χ2n) is 3.83. The third kappa shape index (κ3) is 1.95. The Balaban J connectivity index is 2.68. The zero-order valence-electron chi connectivity index (χ0n) is 9.74. The number of aryl methyl sites for hydroxylation is 4. The van der Waals surface area contributed by atoms with Crippen LogP contribution in [0.25, 0.3) is 5.82 Å². The summed E-state index contributed by atoms with van der Waals surface area (Å²) in [5.41, 5.74) is 3.09. The van der Waals surface area contributed by atoms with Crippen LogP contribution < -0.4 is 0 Å². The molecule has 0 saturated carbocycles. The van der Waals surface area contributed by atoms with E-state index in [0.29, 0.717) is 0 Å². The van der Waals surface area contributed by atoms with Gasteiger partial charge in [0.15, 0.2) is 5.82 Å². The van der Waals surface area contributed by atoms with Gasteiger partial charge in [-0.15, -0.1) is 0 Å². The summed E-state index contributed by atoms with van der Waals surface area (Å²) >= 11 is 2.27. The highest BCUT2D eigenvalue weighted by atomic mass is 127. The highest BCUT2D eigenvalue weighted by Crippen LogP contribution is 2.19. The molecule has 0 spiro atoms. The molecule has 5 heteroatoms. The van der Waals surface area contributed by atoms with Crippen LogP contribution >= 0.6 is 22.6 Å². The van der Waals surface area contributed by atoms with E-state index in [9.17, 15) is 0 Å². The van der Waals surface area contributed by atoms with Gasteiger partial charge in [-0.05, 0) is 56.4 Å². The summed E-state index contributed by atoms with van der Waals surface area (Å²) in [6.45, 7) is 7.91. The van der Waals surface area contributed by atoms with Gasteiger partial charge in [-0.25, -0.2) is 14.6 Å². The van der Waals surface area contributed by atoms with Crippen molar-refractivity contribution in [2.75, 3.05) is 0 Å². The molecule has 0 aliphatic heterocycles. The summed E-state index contributed by atoms with van der Waals surface area (Å²) in [5.74, 6) is 1.65. The number of hydrogen-bond donors (Lipinski definition) is 0. The molecule has 4 nitrogen and oxygen atoms in total. The van der Waals surface area contributed by atoms with Crippen LogP contribution in [0.4, 0.5) is 0 Å². The monoisotopic (exact) mass is 328 g/mol. The summed E-state index contributed by atoms with van der Waals surface area (Å²) in [6.07, 6.45) is 0. The van der Waals surface area contributed by atoms with Crippen LogP contribution in [-0.4, -0.2) is 19.7 Å². The Morgan fingerprint density at radius 2 is 1.81 bits per heavy atom. The minimum absolute atomic E-state index is 0.778. The van der Waals surface area contributed by atoms with Crippen molar-refractivity contribution in [3.05, 3.63) is 32.5 Å². The maximum atomic E-state index is 4.46. The van der Waals surface area contributed by atoms with Crippen molar-refractivity contribution < 1.29 is 0 Å². The van der Waals surface area contributed by atoms with Crippen molar-refractivity contribution in [3.8, 4) is 5.82 Å². The number of nitrogens with zero attached hydrogens (tertiary/aromatic N) is 4. The van der Waals surface area contributed by atoms with Gasteiger partial charge in [0.05, 0.1) is 15.0 Å². The van der Waals surface area contributed by atoms with Gasteiger partial charge in [0.1, 0.15) is 5.82 Å². The summed E-state index contributed by atoms with van der Waals surface area (Å²) in [7, 11) is 0. The van der Waals surface area contributed by atoms with Crippen LogP contribution in [0.5, 0.6) is 0 Å². The summed E-state index contributed by atoms with van der Waals surface area (Å²) in [4.78, 5) is 8.80. The smallest absolute Gasteiger partial charge is 0.170 e. The van der Waals surface area contributed by atoms with E-state index >= 15 is 0 Å². The molecule has 0 fully saturated rings. The molecule has 0 aliphatic rings. The molecule has 0 saturated heterocycles. The molecule has 0 N–H and O–H groups in total. The van der Waals surface area contributed by atoms with Crippen LogP contribution in [0.3, 0.4) is 0 Å². The molecule has 84 valence electrons. The highest BCUT2D eigenvalue weighted by molar-refractivity contribution is 14.1. The van der Waals surface area contributed by atoms with Gasteiger partial charge < -0.3 is 0 Å². The largest absolute Gasteiger partial charge is 0.237 e. The van der Waals surface area contributed by atoms with Gasteiger partial charge in [-0.3, -0.25) is 0 Å². The van der Waals surface area contributed by atoms with Gasteiger partial charge >= 0.3 is 0 Å². The summed E-state index contributed by atoms with van der Waals surface area (Å²) in [5, 5.41) is 4.45. The first-order chi connectivity index (χ1) is 7.49. The Morgan fingerprint density at radius 3 is 2.38 bits per heavy atom. The van der Waals surface area contributed by atoms with Gasteiger partial charge in [-0.2, -0.15) is 5.10 Å². The molecule has 0 aliphatic carbocycles. The summed E-state index contributed by atoms with van der Waals surface area (Å²) < 4.78 is 2.92. The molecule has 0 amide bonds. The first-order valence-corrected chi connectivity index (χ1v) is 6.11. The molecule has 0 bridgehead atoms. The Hall–Kier alpha value is -0.980. The van der Waals surface area contributed by atoms with Gasteiger partial charge in [0, 0.05) is 5.69 Å². The molecule has 2 aromatic rings. The van der Waals surface area contributed by atoms with Crippen LogP contribution in [0.1, 0.15) is 22.9 Å². The zero-order chi connectivity index (χ0) is 11.9. The van der Waals surface area contributed by atoms with Crippen molar-refractivity contribution in [1.82, 2.24) is 19.7 Å². The van der Waals surface area contributed by atoms with Crippen LogP contribution in [0.2, 0.25) is 0 Å². The zero-order valence-corrected chi connectivity index (χ0v) is 11.9. The van der Waals surface area contributed by atoms with Gasteiger partial charge in [0.2, 0.25) is 0 Å². The van der Waals surface area contributed by atoms with E-state index in [0.717, 1.165) is 32.3 Å². The van der Waals surface area contributed by atoms with E-state index < -0.39 is 0 Å². The lowest BCUT2D eigenvalue weighted by Crippen LogP contribution is -2.08. The third-order valence-electron chi connectivity index (χ3n) is 2.32. The Bertz CT molecular complexity index is 545. The number of aromatic nitrogens is 4. The quantitative estimate of drug-likeness (QED) is 0.756. The van der Waals surface area contributed by atoms with Crippen LogP contribution in [0, 0.1) is 31.3 Å². The van der Waals surface area contributed by atoms with Crippen molar-refractivity contribution in [2.45, 2.75) is 27.7 Å². The van der Waals surface area contributed by atoms with Crippen molar-refractivity contribution in [3.63, 3.8) is 0 Å². The van der Waals surface area contributed by atoms with Crippen LogP contribution in [-0.2, 0) is 0 Å². The molecular formula is C11H13IN4. The fourth-order valence-corrected chi connectivity index (χ4v) is 2.13. The molecule has 16 heavy (non-hydrogen) atoms. The van der Waals surface area contributed by atoms with E-state index in [4.69, 9.17) is 0 Å². The second kappa shape index (κ2) is 4.12. The molecule has 0 unspecified atom stereocenters. The van der Waals surface area contributed by atoms with E-state index in [2.05, 4.69) is 37.7 Å². The lowest BCUT2D eigenvalue weighted by Gasteiger charge is -2.08. The molecule has 0 radical (unpaired) electrons. The fourth-order valence-electron chi connectivity index (χ4n) is 1.66. The average Bonchev–Trinajstić information content (AvgIpc) is 2.51. The Labute approximate surface area is 108 Å². The lowest BCUT2D eigenvalue weighted by atomic mass is 10.4. The van der Waals surface area contributed by atoms with E-state index in [-0.39, 0.29) is 0 Å². The van der Waals surface area contributed by atoms with Gasteiger partial charge in [0.25, 0.3) is 0 Å². The number of hydrogen-bond acceptors (Lipinski definition) is 3. The highest BCUT2D eigenvalue weighted by Gasteiger charge is 2.12. The predicted molar refractivity (Wildman–Crippen MR) is 70.8 cm³/mol. The average molecular weight is 328 g/mol. The Kier molecular flexibility index (Phi) is 2.96. The topological polar surface area (TPSA) is 43.6 Å². The number of halogens is 1. The SMILES string of the molecule is Cc1cc(C)n(-c2nc(C)nc(C)c2I)n1. The molecule has 0 aromatic carbocycles. The summed E-state index contributed by atoms with van der Waals surface area (Å²) in [6, 6.07) is 2.04. The maximum Gasteiger partial charge on any atom is 0.170 e. The van der Waals surface area contributed by atoms with Gasteiger partial charge in [-0.1, -0.05) is 0 Å². The normalized spacial score (nSPS) is 10.8.